The number of carbonyl (C=O) groups is 1. The third kappa shape index (κ3) is 4.88. The lowest BCUT2D eigenvalue weighted by Crippen LogP contribution is -2.48. The van der Waals surface area contributed by atoms with Gasteiger partial charge in [0.25, 0.3) is 11.8 Å². The summed E-state index contributed by atoms with van der Waals surface area (Å²) in [7, 11) is 0. The Morgan fingerprint density at radius 3 is 2.50 bits per heavy atom. The molecule has 0 spiro atoms. The van der Waals surface area contributed by atoms with Gasteiger partial charge in [0.1, 0.15) is 5.76 Å². The van der Waals surface area contributed by atoms with E-state index in [9.17, 15) is 13.6 Å². The highest BCUT2D eigenvalue weighted by molar-refractivity contribution is 7.97. The van der Waals surface area contributed by atoms with Crippen LogP contribution in [0.2, 0.25) is 0 Å². The lowest BCUT2D eigenvalue weighted by Gasteiger charge is -2.39. The lowest BCUT2D eigenvalue weighted by molar-refractivity contribution is -0.00228. The highest BCUT2D eigenvalue weighted by Crippen LogP contribution is 2.49. The van der Waals surface area contributed by atoms with Crippen molar-refractivity contribution in [3.05, 3.63) is 17.5 Å². The molecular weight excluding hydrogens is 462 g/mol. The molecule has 188 valence electrons. The van der Waals surface area contributed by atoms with Crippen LogP contribution >= 0.6 is 11.9 Å². The molecule has 1 aromatic rings. The van der Waals surface area contributed by atoms with Gasteiger partial charge in [-0.2, -0.15) is 0 Å². The molecule has 5 heterocycles. The molecule has 0 radical (unpaired) electrons. The number of carbonyl (C=O) groups excluding carboxylic acids is 1. The molecule has 1 saturated carbocycles. The van der Waals surface area contributed by atoms with Gasteiger partial charge in [-0.05, 0) is 57.5 Å². The van der Waals surface area contributed by atoms with Crippen LogP contribution in [-0.2, 0) is 4.74 Å². The first-order valence-electron chi connectivity index (χ1n) is 12.8. The monoisotopic (exact) mass is 496 g/mol. The van der Waals surface area contributed by atoms with Gasteiger partial charge >= 0.3 is 0 Å². The van der Waals surface area contributed by atoms with Crippen LogP contribution in [0, 0.1) is 11.8 Å². The van der Waals surface area contributed by atoms with Crippen molar-refractivity contribution in [3.8, 4) is 0 Å². The van der Waals surface area contributed by atoms with Crippen molar-refractivity contribution in [2.45, 2.75) is 74.9 Å². The maximum Gasteiger partial charge on any atom is 0.273 e. The van der Waals surface area contributed by atoms with Crippen LogP contribution in [0.25, 0.3) is 0 Å². The molecule has 1 amide bonds. The average Bonchev–Trinajstić information content (AvgIpc) is 3.07. The van der Waals surface area contributed by atoms with Crippen LogP contribution in [0.3, 0.4) is 0 Å². The predicted molar refractivity (Wildman–Crippen MR) is 124 cm³/mol. The zero-order valence-corrected chi connectivity index (χ0v) is 20.3. The molecule has 1 unspecified atom stereocenters. The van der Waals surface area contributed by atoms with Gasteiger partial charge in [0, 0.05) is 48.8 Å². The minimum absolute atomic E-state index is 0.0808. The summed E-state index contributed by atoms with van der Waals surface area (Å²) in [5.41, 5.74) is 0.364. The Kier molecular flexibility index (Phi) is 6.36. The third-order valence-electron chi connectivity index (χ3n) is 8.40. The second kappa shape index (κ2) is 9.33. The summed E-state index contributed by atoms with van der Waals surface area (Å²) in [5, 5.41) is 7.16. The fourth-order valence-corrected chi connectivity index (χ4v) is 7.54. The minimum atomic E-state index is -2.40. The number of nitrogens with one attached hydrogen (secondary N) is 1. The Morgan fingerprint density at radius 2 is 1.88 bits per heavy atom. The SMILES string of the molecule is O=C(NC1C[C@@H]2CC[C@@H](C1)N2SCC1CCN(CC2CC2(F)F)CC1)c1cc(C2COC2)on1. The molecule has 2 bridgehead atoms. The molecular formula is C24H34F2N4O3S. The van der Waals surface area contributed by atoms with Crippen molar-refractivity contribution >= 4 is 17.9 Å². The summed E-state index contributed by atoms with van der Waals surface area (Å²) in [6.45, 7) is 3.75. The Morgan fingerprint density at radius 1 is 1.18 bits per heavy atom. The standard InChI is InChI=1S/C24H34F2N4O3S/c25-24(26)10-17(24)11-29-5-3-15(4-6-29)14-34-30-19-1-2-20(30)8-18(7-19)27-23(31)21-9-22(33-28-21)16-12-32-13-16/h9,15-20H,1-8,10-14H2,(H,27,31)/t17?,19-,20-/m0/s1. The van der Waals surface area contributed by atoms with Gasteiger partial charge in [0.2, 0.25) is 0 Å². The molecule has 4 aliphatic heterocycles. The molecule has 6 rings (SSSR count). The van der Waals surface area contributed by atoms with E-state index in [1.165, 1.54) is 12.8 Å². The van der Waals surface area contributed by atoms with Gasteiger partial charge < -0.3 is 19.5 Å². The van der Waals surface area contributed by atoms with E-state index < -0.39 is 11.8 Å². The topological polar surface area (TPSA) is 70.8 Å². The summed E-state index contributed by atoms with van der Waals surface area (Å²) in [6.07, 6.45) is 6.63. The molecule has 3 atom stereocenters. The summed E-state index contributed by atoms with van der Waals surface area (Å²) in [5.74, 6) is -0.207. The van der Waals surface area contributed by atoms with E-state index in [0.717, 1.165) is 50.3 Å². The first-order chi connectivity index (χ1) is 16.4. The van der Waals surface area contributed by atoms with Crippen molar-refractivity contribution in [3.63, 3.8) is 0 Å². The van der Waals surface area contributed by atoms with Gasteiger partial charge in [0.05, 0.1) is 19.1 Å². The summed E-state index contributed by atoms with van der Waals surface area (Å²) in [6, 6.07) is 2.94. The average molecular weight is 497 g/mol. The summed E-state index contributed by atoms with van der Waals surface area (Å²) in [4.78, 5) is 14.9. The van der Waals surface area contributed by atoms with E-state index in [1.54, 1.807) is 6.07 Å². The Hall–Kier alpha value is -1.23. The van der Waals surface area contributed by atoms with Crippen molar-refractivity contribution in [2.24, 2.45) is 11.8 Å². The lowest BCUT2D eigenvalue weighted by atomic mass is 9.99. The predicted octanol–water partition coefficient (Wildman–Crippen LogP) is 3.53. The van der Waals surface area contributed by atoms with E-state index >= 15 is 0 Å². The number of likely N-dealkylation sites (tertiary alicyclic amines) is 1. The number of fused-ring (bicyclic) bond motifs is 2. The first-order valence-corrected chi connectivity index (χ1v) is 13.8. The zero-order chi connectivity index (χ0) is 23.3. The number of hydrogen-bond acceptors (Lipinski definition) is 7. The number of aromatic nitrogens is 1. The largest absolute Gasteiger partial charge is 0.380 e. The normalized spacial score (nSPS) is 34.2. The number of ether oxygens (including phenoxy) is 1. The summed E-state index contributed by atoms with van der Waals surface area (Å²) < 4.78 is 39.5. The van der Waals surface area contributed by atoms with Gasteiger partial charge in [-0.15, -0.1) is 0 Å². The number of halogens is 2. The van der Waals surface area contributed by atoms with Crippen molar-refractivity contribution in [1.82, 2.24) is 19.7 Å². The smallest absolute Gasteiger partial charge is 0.273 e. The maximum absolute atomic E-state index is 13.2. The number of alkyl halides is 2. The molecule has 0 aromatic carbocycles. The van der Waals surface area contributed by atoms with Crippen molar-refractivity contribution in [2.75, 3.05) is 38.6 Å². The van der Waals surface area contributed by atoms with E-state index in [0.29, 0.717) is 43.5 Å². The second-order valence-corrected chi connectivity index (χ2v) is 12.0. The highest BCUT2D eigenvalue weighted by Gasteiger charge is 2.57. The maximum atomic E-state index is 13.2. The molecule has 4 saturated heterocycles. The van der Waals surface area contributed by atoms with Gasteiger partial charge in [0.15, 0.2) is 5.69 Å². The van der Waals surface area contributed by atoms with E-state index in [2.05, 4.69) is 19.7 Å². The van der Waals surface area contributed by atoms with Crippen LogP contribution < -0.4 is 5.32 Å². The Bertz CT molecular complexity index is 875. The van der Waals surface area contributed by atoms with Gasteiger partial charge in [-0.1, -0.05) is 17.1 Å². The highest BCUT2D eigenvalue weighted by atomic mass is 32.2. The van der Waals surface area contributed by atoms with E-state index in [4.69, 9.17) is 9.26 Å². The van der Waals surface area contributed by atoms with Gasteiger partial charge in [-0.25, -0.2) is 13.1 Å². The number of hydrogen-bond donors (Lipinski definition) is 1. The minimum Gasteiger partial charge on any atom is -0.380 e. The van der Waals surface area contributed by atoms with Crippen LogP contribution in [0.15, 0.2) is 10.6 Å². The molecule has 1 aliphatic carbocycles. The van der Waals surface area contributed by atoms with Crippen LogP contribution in [0.4, 0.5) is 8.78 Å². The molecule has 7 nitrogen and oxygen atoms in total. The third-order valence-corrected chi connectivity index (χ3v) is 9.92. The van der Waals surface area contributed by atoms with Crippen molar-refractivity contribution < 1.29 is 22.8 Å². The number of nitrogens with zero attached hydrogens (tertiary/aromatic N) is 3. The zero-order valence-electron chi connectivity index (χ0n) is 19.5. The number of rotatable bonds is 8. The molecule has 5 aliphatic rings. The molecule has 1 aromatic heterocycles. The quantitative estimate of drug-likeness (QED) is 0.552. The Balaban J connectivity index is 0.935. The van der Waals surface area contributed by atoms with Crippen LogP contribution in [0.5, 0.6) is 0 Å². The first kappa shape index (κ1) is 23.2. The second-order valence-electron chi connectivity index (χ2n) is 10.9. The van der Waals surface area contributed by atoms with Crippen LogP contribution in [0.1, 0.15) is 67.1 Å². The van der Waals surface area contributed by atoms with E-state index in [1.807, 2.05) is 11.9 Å². The molecule has 34 heavy (non-hydrogen) atoms. The number of piperidine rings is 2. The van der Waals surface area contributed by atoms with Crippen molar-refractivity contribution in [1.29, 1.82) is 0 Å². The number of amides is 1. The van der Waals surface area contributed by atoms with Gasteiger partial charge in [-0.3, -0.25) is 4.79 Å². The van der Waals surface area contributed by atoms with E-state index in [-0.39, 0.29) is 24.3 Å². The van der Waals surface area contributed by atoms with Crippen LogP contribution in [-0.4, -0.2) is 82.9 Å². The fraction of sp³-hybridized carbons (Fsp3) is 0.833. The summed E-state index contributed by atoms with van der Waals surface area (Å²) >= 11 is 1.99. The fourth-order valence-electron chi connectivity index (χ4n) is 6.02. The Labute approximate surface area is 203 Å². The molecule has 1 N–H and O–H groups in total. The molecule has 10 heteroatoms. The molecule has 5 fully saturated rings.